The third-order valence-electron chi connectivity index (χ3n) is 8.68. The lowest BCUT2D eigenvalue weighted by Crippen LogP contribution is -2.27. The third kappa shape index (κ3) is 9.40. The molecule has 0 radical (unpaired) electrons. The Hall–Kier alpha value is -5.33. The first-order valence-electron chi connectivity index (χ1n) is 16.5. The molecule has 1 saturated carbocycles. The lowest BCUT2D eigenvalue weighted by Gasteiger charge is -2.30. The van der Waals surface area contributed by atoms with Gasteiger partial charge in [-0.2, -0.15) is 0 Å². The first kappa shape index (κ1) is 36.5. The number of hydrogen-bond acceptors (Lipinski definition) is 8. The van der Waals surface area contributed by atoms with Gasteiger partial charge in [-0.1, -0.05) is 56.9 Å². The number of primary amides is 1. The molecule has 260 valence electrons. The molecule has 1 aliphatic rings. The molecule has 0 heterocycles. The maximum atomic E-state index is 13.9. The van der Waals surface area contributed by atoms with Crippen molar-refractivity contribution in [3.8, 4) is 11.1 Å². The summed E-state index contributed by atoms with van der Waals surface area (Å²) < 4.78 is 5.42. The van der Waals surface area contributed by atoms with E-state index in [1.807, 2.05) is 12.1 Å². The van der Waals surface area contributed by atoms with Gasteiger partial charge in [0.2, 0.25) is 5.91 Å². The molecule has 0 bridgehead atoms. The van der Waals surface area contributed by atoms with Crippen molar-refractivity contribution in [2.24, 2.45) is 11.7 Å². The number of benzene rings is 3. The highest BCUT2D eigenvalue weighted by molar-refractivity contribution is 6.09. The van der Waals surface area contributed by atoms with Crippen LogP contribution in [0.25, 0.3) is 11.1 Å². The lowest BCUT2D eigenvalue weighted by molar-refractivity contribution is -0.393. The monoisotopic (exact) mass is 673 g/mol. The van der Waals surface area contributed by atoms with Crippen LogP contribution in [0.4, 0.5) is 27.5 Å². The van der Waals surface area contributed by atoms with E-state index in [1.165, 1.54) is 43.9 Å². The summed E-state index contributed by atoms with van der Waals surface area (Å²) in [5.74, 6) is -0.626. The van der Waals surface area contributed by atoms with Crippen molar-refractivity contribution in [1.29, 1.82) is 0 Å². The molecule has 1 fully saturated rings. The van der Waals surface area contributed by atoms with Crippen molar-refractivity contribution in [3.05, 3.63) is 91.5 Å². The Morgan fingerprint density at radius 2 is 1.57 bits per heavy atom. The number of anilines is 2. The maximum absolute atomic E-state index is 13.9. The number of nitro groups is 2. The van der Waals surface area contributed by atoms with Gasteiger partial charge < -0.3 is 15.8 Å². The predicted octanol–water partition coefficient (Wildman–Crippen LogP) is 8.72. The molecule has 13 nitrogen and oxygen atoms in total. The van der Waals surface area contributed by atoms with Crippen LogP contribution in [0.5, 0.6) is 0 Å². The van der Waals surface area contributed by atoms with Gasteiger partial charge in [0.25, 0.3) is 17.3 Å². The maximum Gasteiger partial charge on any atom is 0.412 e. The molecule has 0 spiro atoms. The van der Waals surface area contributed by atoms with Crippen LogP contribution in [0, 0.1) is 26.1 Å². The molecule has 0 aliphatic heterocycles. The van der Waals surface area contributed by atoms with Gasteiger partial charge >= 0.3 is 6.09 Å². The van der Waals surface area contributed by atoms with Crippen LogP contribution in [-0.2, 0) is 4.74 Å². The minimum absolute atomic E-state index is 0.00763. The average Bonchev–Trinajstić information content (AvgIpc) is 3.04. The van der Waals surface area contributed by atoms with Gasteiger partial charge in [0, 0.05) is 11.6 Å². The van der Waals surface area contributed by atoms with Crippen LogP contribution in [-0.4, -0.2) is 33.4 Å². The van der Waals surface area contributed by atoms with Gasteiger partial charge in [0.05, 0.1) is 38.4 Å². The van der Waals surface area contributed by atoms with Gasteiger partial charge in [-0.05, 0) is 87.6 Å². The van der Waals surface area contributed by atoms with E-state index in [2.05, 4.69) is 17.6 Å². The zero-order chi connectivity index (χ0) is 35.9. The highest BCUT2D eigenvalue weighted by atomic mass is 16.6. The van der Waals surface area contributed by atoms with E-state index >= 15 is 0 Å². The first-order chi connectivity index (χ1) is 23.2. The molecular weight excluding hydrogens is 630 g/mol. The molecule has 0 aromatic heterocycles. The second-order valence-corrected chi connectivity index (χ2v) is 13.4. The number of nitrogens with one attached hydrogen (secondary N) is 2. The molecule has 0 saturated heterocycles. The van der Waals surface area contributed by atoms with Crippen molar-refractivity contribution in [1.82, 2.24) is 0 Å². The topological polar surface area (TPSA) is 197 Å². The smallest absolute Gasteiger partial charge is 0.412 e. The average molecular weight is 674 g/mol. The van der Waals surface area contributed by atoms with Gasteiger partial charge in [-0.3, -0.25) is 35.1 Å². The fourth-order valence-corrected chi connectivity index (χ4v) is 6.38. The molecular formula is C36H43N5O8. The fraction of sp³-hybridized carbons (Fsp3) is 0.417. The van der Waals surface area contributed by atoms with Crippen molar-refractivity contribution in [2.75, 3.05) is 10.6 Å². The normalized spacial score (nSPS) is 16.0. The number of ether oxygens (including phenoxy) is 1. The molecule has 13 heteroatoms. The van der Waals surface area contributed by atoms with Gasteiger partial charge in [-0.25, -0.2) is 4.79 Å². The number of non-ortho nitro benzene ring substituents is 1. The molecule has 1 aliphatic carbocycles. The molecule has 4 rings (SSSR count). The second-order valence-electron chi connectivity index (χ2n) is 13.4. The van der Waals surface area contributed by atoms with Crippen LogP contribution in [0.1, 0.15) is 111 Å². The number of rotatable bonds is 12. The summed E-state index contributed by atoms with van der Waals surface area (Å²) in [7, 11) is 0. The van der Waals surface area contributed by atoms with E-state index in [1.54, 1.807) is 32.9 Å². The number of nitro benzene ring substituents is 2. The summed E-state index contributed by atoms with van der Waals surface area (Å²) in [6.07, 6.45) is 8.22. The van der Waals surface area contributed by atoms with E-state index < -0.39 is 50.3 Å². The third-order valence-corrected chi connectivity index (χ3v) is 8.68. The van der Waals surface area contributed by atoms with Crippen LogP contribution < -0.4 is 16.4 Å². The zero-order valence-electron chi connectivity index (χ0n) is 28.2. The zero-order valence-corrected chi connectivity index (χ0v) is 28.2. The summed E-state index contributed by atoms with van der Waals surface area (Å²) >= 11 is 0. The van der Waals surface area contributed by atoms with Crippen molar-refractivity contribution >= 4 is 40.7 Å². The number of nitrogens with two attached hydrogens (primary N) is 1. The second kappa shape index (κ2) is 15.7. The summed E-state index contributed by atoms with van der Waals surface area (Å²) in [5.41, 5.74) is 4.09. The van der Waals surface area contributed by atoms with Gasteiger partial charge in [0.1, 0.15) is 5.60 Å². The SMILES string of the molecule is CCCCCC1CCC(c2ccccc2C(=O)Nc2ccc(-c3c(C(N)=O)cc([N+](=O)[O-])cc3[N+](=O)[O-])cc2NC(=O)OC(C)(C)C)CC1. The molecule has 3 aromatic rings. The Labute approximate surface area is 284 Å². The molecule has 0 unspecified atom stereocenters. The Balaban J connectivity index is 1.71. The lowest BCUT2D eigenvalue weighted by atomic mass is 9.76. The number of carbonyl (C=O) groups is 3. The standard InChI is InChI=1S/C36H43N5O8/c1-5-6-7-10-22-13-15-23(16-14-22)26-11-8-9-12-27(26)34(43)38-29-18-17-24(19-30(29)39-35(44)49-36(2,3)4)32-28(33(37)42)20-25(40(45)46)21-31(32)41(47)48/h8-9,11-12,17-23H,5-7,10,13-16H2,1-4H3,(H2,37,42)(H,38,43)(H,39,44). The van der Waals surface area contributed by atoms with Crippen molar-refractivity contribution < 1.29 is 29.0 Å². The minimum atomic E-state index is -1.13. The van der Waals surface area contributed by atoms with E-state index in [-0.39, 0.29) is 28.4 Å². The highest BCUT2D eigenvalue weighted by Gasteiger charge is 2.30. The van der Waals surface area contributed by atoms with Crippen molar-refractivity contribution in [3.63, 3.8) is 0 Å². The Bertz CT molecular complexity index is 1710. The number of amides is 3. The van der Waals surface area contributed by atoms with Crippen molar-refractivity contribution in [2.45, 2.75) is 90.6 Å². The highest BCUT2D eigenvalue weighted by Crippen LogP contribution is 2.41. The molecule has 3 aromatic carbocycles. The summed E-state index contributed by atoms with van der Waals surface area (Å²) in [4.78, 5) is 61.0. The fourth-order valence-electron chi connectivity index (χ4n) is 6.38. The largest absolute Gasteiger partial charge is 0.444 e. The molecule has 0 atom stereocenters. The Morgan fingerprint density at radius 3 is 2.18 bits per heavy atom. The quantitative estimate of drug-likeness (QED) is 0.0963. The van der Waals surface area contributed by atoms with Gasteiger partial charge in [0.15, 0.2) is 0 Å². The molecule has 49 heavy (non-hydrogen) atoms. The first-order valence-corrected chi connectivity index (χ1v) is 16.5. The number of nitrogens with zero attached hydrogens (tertiary/aromatic N) is 2. The van der Waals surface area contributed by atoms with E-state index in [9.17, 15) is 34.6 Å². The van der Waals surface area contributed by atoms with E-state index in [0.717, 1.165) is 43.4 Å². The summed E-state index contributed by atoms with van der Waals surface area (Å²) in [6, 6.07) is 13.1. The van der Waals surface area contributed by atoms with Gasteiger partial charge in [-0.15, -0.1) is 0 Å². The van der Waals surface area contributed by atoms with Crippen LogP contribution in [0.15, 0.2) is 54.6 Å². The number of hydrogen-bond donors (Lipinski definition) is 3. The Morgan fingerprint density at radius 1 is 0.878 bits per heavy atom. The van der Waals surface area contributed by atoms with E-state index in [4.69, 9.17) is 10.5 Å². The number of carbonyl (C=O) groups excluding carboxylic acids is 3. The van der Waals surface area contributed by atoms with Crippen LogP contribution in [0.2, 0.25) is 0 Å². The molecule has 3 amide bonds. The Kier molecular flexibility index (Phi) is 11.7. The predicted molar refractivity (Wildman–Crippen MR) is 187 cm³/mol. The molecule has 4 N–H and O–H groups in total. The van der Waals surface area contributed by atoms with Crippen LogP contribution in [0.3, 0.4) is 0 Å². The minimum Gasteiger partial charge on any atom is -0.444 e. The summed E-state index contributed by atoms with van der Waals surface area (Å²) in [6.45, 7) is 7.20. The summed E-state index contributed by atoms with van der Waals surface area (Å²) in [5, 5.41) is 29.0. The number of unbranched alkanes of at least 4 members (excludes halogenated alkanes) is 2. The van der Waals surface area contributed by atoms with E-state index in [0.29, 0.717) is 11.5 Å². The van der Waals surface area contributed by atoms with Crippen LogP contribution >= 0.6 is 0 Å².